The molecule has 1 nitrogen and oxygen atoms in total. The fourth-order valence-electron chi connectivity index (χ4n) is 2.16. The van der Waals surface area contributed by atoms with E-state index in [0.717, 1.165) is 23.3 Å². The van der Waals surface area contributed by atoms with Gasteiger partial charge >= 0.3 is 6.18 Å². The Labute approximate surface area is 126 Å². The maximum atomic E-state index is 12.7. The zero-order valence-electron chi connectivity index (χ0n) is 11.5. The van der Waals surface area contributed by atoms with E-state index in [0.29, 0.717) is 10.6 Å². The van der Waals surface area contributed by atoms with Crippen molar-refractivity contribution in [2.45, 2.75) is 26.1 Å². The van der Waals surface area contributed by atoms with Gasteiger partial charge in [-0.15, -0.1) is 0 Å². The van der Waals surface area contributed by atoms with E-state index < -0.39 is 17.8 Å². The van der Waals surface area contributed by atoms with E-state index in [1.165, 1.54) is 12.1 Å². The summed E-state index contributed by atoms with van der Waals surface area (Å²) in [5.41, 5.74) is 1.48. The summed E-state index contributed by atoms with van der Waals surface area (Å²) in [6.45, 7) is 3.54. The van der Waals surface area contributed by atoms with Crippen molar-refractivity contribution in [1.29, 1.82) is 0 Å². The molecule has 0 saturated carbocycles. The van der Waals surface area contributed by atoms with Crippen molar-refractivity contribution in [1.82, 2.24) is 0 Å². The molecule has 2 aromatic carbocycles. The minimum atomic E-state index is -4.43. The second-order valence-corrected chi connectivity index (χ2v) is 5.39. The summed E-state index contributed by atoms with van der Waals surface area (Å²) in [5.74, 6) is 0. The summed E-state index contributed by atoms with van der Waals surface area (Å²) in [6, 6.07) is 8.11. The smallest absolute Gasteiger partial charge is 0.384 e. The third kappa shape index (κ3) is 3.39. The quantitative estimate of drug-likeness (QED) is 0.821. The van der Waals surface area contributed by atoms with Gasteiger partial charge in [0.05, 0.1) is 5.56 Å². The molecule has 0 spiro atoms. The third-order valence-electron chi connectivity index (χ3n) is 3.37. The van der Waals surface area contributed by atoms with Crippen LogP contribution in [0, 0.1) is 13.8 Å². The number of benzene rings is 2. The number of aliphatic hydroxyl groups excluding tert-OH is 1. The van der Waals surface area contributed by atoms with E-state index in [9.17, 15) is 18.3 Å². The number of aliphatic hydroxyl groups is 1. The van der Waals surface area contributed by atoms with Crippen LogP contribution in [0.5, 0.6) is 0 Å². The minimum Gasteiger partial charge on any atom is -0.384 e. The lowest BCUT2D eigenvalue weighted by atomic mass is 9.95. The lowest BCUT2D eigenvalue weighted by Gasteiger charge is -2.17. The van der Waals surface area contributed by atoms with Gasteiger partial charge in [-0.1, -0.05) is 29.8 Å². The van der Waals surface area contributed by atoms with E-state index in [1.54, 1.807) is 26.0 Å². The van der Waals surface area contributed by atoms with Crippen molar-refractivity contribution in [3.8, 4) is 0 Å². The van der Waals surface area contributed by atoms with E-state index in [4.69, 9.17) is 11.6 Å². The maximum Gasteiger partial charge on any atom is 0.416 e. The van der Waals surface area contributed by atoms with Crippen molar-refractivity contribution in [2.24, 2.45) is 0 Å². The number of halogens is 4. The molecule has 2 aromatic rings. The van der Waals surface area contributed by atoms with Crippen molar-refractivity contribution >= 4 is 11.6 Å². The number of aryl methyl sites for hydroxylation is 2. The van der Waals surface area contributed by atoms with Crippen molar-refractivity contribution in [3.05, 3.63) is 69.2 Å². The van der Waals surface area contributed by atoms with Gasteiger partial charge < -0.3 is 5.11 Å². The minimum absolute atomic E-state index is 0.203. The van der Waals surface area contributed by atoms with E-state index in [-0.39, 0.29) is 5.56 Å². The molecule has 0 bridgehead atoms. The molecular weight excluding hydrogens is 301 g/mol. The average Bonchev–Trinajstić information content (AvgIpc) is 2.41. The molecule has 1 N–H and O–H groups in total. The van der Waals surface area contributed by atoms with Crippen LogP contribution in [0.1, 0.15) is 33.9 Å². The summed E-state index contributed by atoms with van der Waals surface area (Å²) in [7, 11) is 0. The van der Waals surface area contributed by atoms with Crippen LogP contribution in [0.3, 0.4) is 0 Å². The van der Waals surface area contributed by atoms with Gasteiger partial charge in [-0.05, 0) is 54.3 Å². The molecule has 5 heteroatoms. The SMILES string of the molecule is Cc1cc(C(O)c2cccc(C(F)(F)F)c2)c(C)cc1Cl. The lowest BCUT2D eigenvalue weighted by Crippen LogP contribution is -2.08. The standard InChI is InChI=1S/C16H14ClF3O/c1-9-7-14(17)10(2)6-13(9)15(21)11-4-3-5-12(8-11)16(18,19)20/h3-8,15,21H,1-2H3. The Bertz CT molecular complexity index is 665. The second-order valence-electron chi connectivity index (χ2n) is 4.98. The molecule has 0 amide bonds. The first-order chi connectivity index (χ1) is 9.70. The predicted octanol–water partition coefficient (Wildman–Crippen LogP) is 5.06. The van der Waals surface area contributed by atoms with Gasteiger partial charge in [0.25, 0.3) is 0 Å². The molecule has 1 unspecified atom stereocenters. The van der Waals surface area contributed by atoms with Crippen LogP contribution in [0.25, 0.3) is 0 Å². The van der Waals surface area contributed by atoms with Crippen molar-refractivity contribution in [3.63, 3.8) is 0 Å². The Kier molecular flexibility index (Phi) is 4.30. The summed E-state index contributed by atoms with van der Waals surface area (Å²) in [6.07, 6.45) is -5.55. The normalized spacial score (nSPS) is 13.3. The molecule has 0 aromatic heterocycles. The maximum absolute atomic E-state index is 12.7. The second kappa shape index (κ2) is 5.70. The van der Waals surface area contributed by atoms with Gasteiger partial charge in [0.1, 0.15) is 6.10 Å². The monoisotopic (exact) mass is 314 g/mol. The summed E-state index contributed by atoms with van der Waals surface area (Å²) in [4.78, 5) is 0. The molecular formula is C16H14ClF3O. The Morgan fingerprint density at radius 1 is 1.05 bits per heavy atom. The predicted molar refractivity (Wildman–Crippen MR) is 76.4 cm³/mol. The number of alkyl halides is 3. The average molecular weight is 315 g/mol. The molecule has 112 valence electrons. The van der Waals surface area contributed by atoms with Crippen LogP contribution in [0.4, 0.5) is 13.2 Å². The molecule has 2 rings (SSSR count). The van der Waals surface area contributed by atoms with E-state index >= 15 is 0 Å². The fourth-order valence-corrected chi connectivity index (χ4v) is 2.38. The molecule has 0 aliphatic carbocycles. The Balaban J connectivity index is 2.45. The highest BCUT2D eigenvalue weighted by Crippen LogP contribution is 2.33. The zero-order valence-corrected chi connectivity index (χ0v) is 12.3. The summed E-state index contributed by atoms with van der Waals surface area (Å²) < 4.78 is 38.2. The van der Waals surface area contributed by atoms with E-state index in [2.05, 4.69) is 0 Å². The molecule has 1 atom stereocenters. The first-order valence-electron chi connectivity index (χ1n) is 6.32. The van der Waals surface area contributed by atoms with Gasteiger partial charge in [0, 0.05) is 5.02 Å². The highest BCUT2D eigenvalue weighted by atomic mass is 35.5. The Morgan fingerprint density at radius 2 is 1.71 bits per heavy atom. The molecule has 0 aliphatic rings. The molecule has 0 radical (unpaired) electrons. The van der Waals surface area contributed by atoms with Crippen LogP contribution in [-0.4, -0.2) is 5.11 Å². The highest BCUT2D eigenvalue weighted by molar-refractivity contribution is 6.31. The molecule has 0 saturated heterocycles. The fraction of sp³-hybridized carbons (Fsp3) is 0.250. The molecule has 0 fully saturated rings. The van der Waals surface area contributed by atoms with E-state index in [1.807, 2.05) is 0 Å². The third-order valence-corrected chi connectivity index (χ3v) is 3.78. The highest BCUT2D eigenvalue weighted by Gasteiger charge is 2.31. The Morgan fingerprint density at radius 3 is 2.33 bits per heavy atom. The summed E-state index contributed by atoms with van der Waals surface area (Å²) in [5, 5.41) is 10.9. The first kappa shape index (κ1) is 15.9. The van der Waals surface area contributed by atoms with Gasteiger partial charge in [0.2, 0.25) is 0 Å². The van der Waals surface area contributed by atoms with Gasteiger partial charge in [0.15, 0.2) is 0 Å². The van der Waals surface area contributed by atoms with Crippen molar-refractivity contribution in [2.75, 3.05) is 0 Å². The van der Waals surface area contributed by atoms with Crippen LogP contribution in [0.15, 0.2) is 36.4 Å². The first-order valence-corrected chi connectivity index (χ1v) is 6.70. The van der Waals surface area contributed by atoms with Crippen LogP contribution in [0.2, 0.25) is 5.02 Å². The largest absolute Gasteiger partial charge is 0.416 e. The van der Waals surface area contributed by atoms with Gasteiger partial charge in [-0.2, -0.15) is 13.2 Å². The molecule has 21 heavy (non-hydrogen) atoms. The van der Waals surface area contributed by atoms with Crippen LogP contribution >= 0.6 is 11.6 Å². The lowest BCUT2D eigenvalue weighted by molar-refractivity contribution is -0.137. The molecule has 0 aliphatic heterocycles. The van der Waals surface area contributed by atoms with Gasteiger partial charge in [-0.3, -0.25) is 0 Å². The number of rotatable bonds is 2. The summed E-state index contributed by atoms with van der Waals surface area (Å²) >= 11 is 5.99. The Hall–Kier alpha value is -1.52. The van der Waals surface area contributed by atoms with Crippen molar-refractivity contribution < 1.29 is 18.3 Å². The number of hydrogen-bond acceptors (Lipinski definition) is 1. The topological polar surface area (TPSA) is 20.2 Å². The molecule has 0 heterocycles. The van der Waals surface area contributed by atoms with Gasteiger partial charge in [-0.25, -0.2) is 0 Å². The zero-order chi connectivity index (χ0) is 15.8. The van der Waals surface area contributed by atoms with Crippen LogP contribution < -0.4 is 0 Å². The van der Waals surface area contributed by atoms with Crippen LogP contribution in [-0.2, 0) is 6.18 Å². The number of hydrogen-bond donors (Lipinski definition) is 1.